The first-order valence-electron chi connectivity index (χ1n) is 7.85. The van der Waals surface area contributed by atoms with Crippen LogP contribution in [0.3, 0.4) is 0 Å². The molecule has 5 nitrogen and oxygen atoms in total. The molecular formula is C16H23N3O2. The molecule has 2 aliphatic rings. The topological polar surface area (TPSA) is 54.5 Å². The molecule has 0 bridgehead atoms. The number of aromatic nitrogens is 1. The Morgan fingerprint density at radius 3 is 2.95 bits per heavy atom. The van der Waals surface area contributed by atoms with Crippen LogP contribution in [0, 0.1) is 11.8 Å². The SMILES string of the molecule is O=C(Nc1ccncc1)N1CCCC(CC2CCOC2)C1. The summed E-state index contributed by atoms with van der Waals surface area (Å²) >= 11 is 0. The zero-order chi connectivity index (χ0) is 14.5. The second kappa shape index (κ2) is 6.89. The second-order valence-corrected chi connectivity index (χ2v) is 6.09. The zero-order valence-corrected chi connectivity index (χ0v) is 12.3. The Hall–Kier alpha value is -1.62. The van der Waals surface area contributed by atoms with Gasteiger partial charge in [0, 0.05) is 44.4 Å². The molecule has 0 radical (unpaired) electrons. The highest BCUT2D eigenvalue weighted by atomic mass is 16.5. The first kappa shape index (κ1) is 14.3. The summed E-state index contributed by atoms with van der Waals surface area (Å²) in [7, 11) is 0. The minimum Gasteiger partial charge on any atom is -0.381 e. The van der Waals surface area contributed by atoms with Gasteiger partial charge in [-0.1, -0.05) is 0 Å². The summed E-state index contributed by atoms with van der Waals surface area (Å²) in [5, 5.41) is 2.95. The normalized spacial score (nSPS) is 25.8. The highest BCUT2D eigenvalue weighted by Gasteiger charge is 2.27. The van der Waals surface area contributed by atoms with Gasteiger partial charge in [-0.3, -0.25) is 4.98 Å². The van der Waals surface area contributed by atoms with E-state index in [4.69, 9.17) is 4.74 Å². The molecule has 1 N–H and O–H groups in total. The first-order chi connectivity index (χ1) is 10.3. The van der Waals surface area contributed by atoms with E-state index in [1.54, 1.807) is 12.4 Å². The number of anilines is 1. The Balaban J connectivity index is 1.51. The van der Waals surface area contributed by atoms with Crippen molar-refractivity contribution in [1.29, 1.82) is 0 Å². The fraction of sp³-hybridized carbons (Fsp3) is 0.625. The molecule has 1 aromatic rings. The van der Waals surface area contributed by atoms with Crippen molar-refractivity contribution >= 4 is 11.7 Å². The third kappa shape index (κ3) is 3.94. The molecule has 0 aliphatic carbocycles. The maximum Gasteiger partial charge on any atom is 0.321 e. The highest BCUT2D eigenvalue weighted by Crippen LogP contribution is 2.27. The molecule has 2 fully saturated rings. The predicted octanol–water partition coefficient (Wildman–Crippen LogP) is 2.75. The third-order valence-corrected chi connectivity index (χ3v) is 4.43. The lowest BCUT2D eigenvalue weighted by Crippen LogP contribution is -2.42. The van der Waals surface area contributed by atoms with E-state index in [0.29, 0.717) is 11.8 Å². The Morgan fingerprint density at radius 2 is 2.19 bits per heavy atom. The maximum atomic E-state index is 12.3. The summed E-state index contributed by atoms with van der Waals surface area (Å²) < 4.78 is 5.45. The van der Waals surface area contributed by atoms with E-state index in [1.807, 2.05) is 17.0 Å². The van der Waals surface area contributed by atoms with Crippen LogP contribution in [0.25, 0.3) is 0 Å². The molecule has 0 saturated carbocycles. The summed E-state index contributed by atoms with van der Waals surface area (Å²) in [6.07, 6.45) is 8.08. The van der Waals surface area contributed by atoms with Crippen molar-refractivity contribution in [3.63, 3.8) is 0 Å². The van der Waals surface area contributed by atoms with Crippen LogP contribution < -0.4 is 5.32 Å². The lowest BCUT2D eigenvalue weighted by Gasteiger charge is -2.33. The fourth-order valence-corrected chi connectivity index (χ4v) is 3.32. The van der Waals surface area contributed by atoms with Crippen molar-refractivity contribution < 1.29 is 9.53 Å². The summed E-state index contributed by atoms with van der Waals surface area (Å²) in [6, 6.07) is 3.64. The summed E-state index contributed by atoms with van der Waals surface area (Å²) in [6.45, 7) is 3.53. The van der Waals surface area contributed by atoms with Gasteiger partial charge >= 0.3 is 6.03 Å². The number of pyridine rings is 1. The average Bonchev–Trinajstić information content (AvgIpc) is 3.01. The molecule has 2 amide bonds. The third-order valence-electron chi connectivity index (χ3n) is 4.43. The van der Waals surface area contributed by atoms with Crippen molar-refractivity contribution in [3.8, 4) is 0 Å². The number of rotatable bonds is 3. The number of amides is 2. The van der Waals surface area contributed by atoms with Crippen LogP contribution in [0.5, 0.6) is 0 Å². The van der Waals surface area contributed by atoms with Crippen LogP contribution >= 0.6 is 0 Å². The number of nitrogens with zero attached hydrogens (tertiary/aromatic N) is 2. The van der Waals surface area contributed by atoms with Crippen LogP contribution in [0.2, 0.25) is 0 Å². The van der Waals surface area contributed by atoms with Crippen LogP contribution in [-0.2, 0) is 4.74 Å². The van der Waals surface area contributed by atoms with E-state index in [9.17, 15) is 4.79 Å². The van der Waals surface area contributed by atoms with Gasteiger partial charge in [-0.05, 0) is 49.7 Å². The smallest absolute Gasteiger partial charge is 0.321 e. The summed E-state index contributed by atoms with van der Waals surface area (Å²) in [4.78, 5) is 18.2. The quantitative estimate of drug-likeness (QED) is 0.931. The van der Waals surface area contributed by atoms with Crippen LogP contribution in [0.15, 0.2) is 24.5 Å². The number of likely N-dealkylation sites (tertiary alicyclic amines) is 1. The molecule has 0 aromatic carbocycles. The highest BCUT2D eigenvalue weighted by molar-refractivity contribution is 5.89. The number of carbonyl (C=O) groups excluding carboxylic acids is 1. The van der Waals surface area contributed by atoms with Crippen LogP contribution in [0.4, 0.5) is 10.5 Å². The number of carbonyl (C=O) groups is 1. The van der Waals surface area contributed by atoms with Gasteiger partial charge in [-0.15, -0.1) is 0 Å². The molecule has 2 aliphatic heterocycles. The van der Waals surface area contributed by atoms with Crippen molar-refractivity contribution in [2.75, 3.05) is 31.6 Å². The number of hydrogen-bond acceptors (Lipinski definition) is 3. The monoisotopic (exact) mass is 289 g/mol. The molecule has 3 rings (SSSR count). The first-order valence-corrected chi connectivity index (χ1v) is 7.85. The Morgan fingerprint density at radius 1 is 1.33 bits per heavy atom. The largest absolute Gasteiger partial charge is 0.381 e. The lowest BCUT2D eigenvalue weighted by molar-refractivity contribution is 0.153. The number of urea groups is 1. The van der Waals surface area contributed by atoms with Crippen LogP contribution in [0.1, 0.15) is 25.7 Å². The molecule has 5 heteroatoms. The van der Waals surface area contributed by atoms with Crippen molar-refractivity contribution in [2.24, 2.45) is 11.8 Å². The van der Waals surface area contributed by atoms with Gasteiger partial charge in [0.1, 0.15) is 0 Å². The van der Waals surface area contributed by atoms with E-state index in [0.717, 1.165) is 38.4 Å². The van der Waals surface area contributed by atoms with Gasteiger partial charge in [0.05, 0.1) is 0 Å². The molecule has 2 atom stereocenters. The fourth-order valence-electron chi connectivity index (χ4n) is 3.32. The lowest BCUT2D eigenvalue weighted by atomic mass is 9.88. The van der Waals surface area contributed by atoms with E-state index >= 15 is 0 Å². The Labute approximate surface area is 125 Å². The minimum absolute atomic E-state index is 0.00794. The standard InChI is InChI=1S/C16H23N3O2/c20-16(18-15-3-6-17-7-4-15)19-8-1-2-13(11-19)10-14-5-9-21-12-14/h3-4,6-7,13-14H,1-2,5,8-12H2,(H,17,18,20). The van der Waals surface area contributed by atoms with Crippen molar-refractivity contribution in [3.05, 3.63) is 24.5 Å². The van der Waals surface area contributed by atoms with Gasteiger partial charge in [0.25, 0.3) is 0 Å². The number of ether oxygens (including phenoxy) is 1. The molecule has 2 unspecified atom stereocenters. The number of hydrogen-bond donors (Lipinski definition) is 1. The number of piperidine rings is 1. The van der Waals surface area contributed by atoms with E-state index < -0.39 is 0 Å². The van der Waals surface area contributed by atoms with Gasteiger partial charge in [0.2, 0.25) is 0 Å². The summed E-state index contributed by atoms with van der Waals surface area (Å²) in [5.41, 5.74) is 0.807. The van der Waals surface area contributed by atoms with Gasteiger partial charge in [0.15, 0.2) is 0 Å². The molecule has 21 heavy (non-hydrogen) atoms. The minimum atomic E-state index is 0.00794. The average molecular weight is 289 g/mol. The Kier molecular flexibility index (Phi) is 4.70. The maximum absolute atomic E-state index is 12.3. The zero-order valence-electron chi connectivity index (χ0n) is 12.3. The summed E-state index contributed by atoms with van der Waals surface area (Å²) in [5.74, 6) is 1.31. The van der Waals surface area contributed by atoms with E-state index in [2.05, 4.69) is 10.3 Å². The molecule has 3 heterocycles. The number of nitrogens with one attached hydrogen (secondary N) is 1. The van der Waals surface area contributed by atoms with Gasteiger partial charge in [-0.25, -0.2) is 4.79 Å². The molecule has 0 spiro atoms. The van der Waals surface area contributed by atoms with Gasteiger partial charge in [-0.2, -0.15) is 0 Å². The Bertz CT molecular complexity index is 460. The molecule has 2 saturated heterocycles. The van der Waals surface area contributed by atoms with Crippen molar-refractivity contribution in [1.82, 2.24) is 9.88 Å². The molecule has 1 aromatic heterocycles. The molecular weight excluding hydrogens is 266 g/mol. The predicted molar refractivity (Wildman–Crippen MR) is 81.1 cm³/mol. The van der Waals surface area contributed by atoms with E-state index in [1.165, 1.54) is 19.3 Å². The van der Waals surface area contributed by atoms with E-state index in [-0.39, 0.29) is 6.03 Å². The van der Waals surface area contributed by atoms with Crippen LogP contribution in [-0.4, -0.2) is 42.2 Å². The second-order valence-electron chi connectivity index (χ2n) is 6.09. The molecule has 114 valence electrons. The van der Waals surface area contributed by atoms with Crippen molar-refractivity contribution in [2.45, 2.75) is 25.7 Å². The van der Waals surface area contributed by atoms with Gasteiger partial charge < -0.3 is 15.0 Å².